The standard InChI is InChI=1S/C17H21N3O3/c1-2-23-14(21)4-3-12-9-13-10-17(5-7-18-8-6-17)16(22)20-15(13)19-11-12/h3-4,9,11,18H,2,5-8,10H2,1H3,(H,19,20,22). The highest BCUT2D eigenvalue weighted by Gasteiger charge is 2.43. The number of pyridine rings is 1. The van der Waals surface area contributed by atoms with Crippen molar-refractivity contribution in [1.82, 2.24) is 10.3 Å². The first-order valence-electron chi connectivity index (χ1n) is 7.99. The lowest BCUT2D eigenvalue weighted by Gasteiger charge is -2.39. The number of fused-ring (bicyclic) bond motifs is 1. The van der Waals surface area contributed by atoms with E-state index in [1.807, 2.05) is 6.07 Å². The van der Waals surface area contributed by atoms with E-state index in [0.717, 1.165) is 37.1 Å². The number of hydrogen-bond donors (Lipinski definition) is 2. The van der Waals surface area contributed by atoms with E-state index in [-0.39, 0.29) is 17.3 Å². The number of hydrogen-bond acceptors (Lipinski definition) is 5. The van der Waals surface area contributed by atoms with Crippen molar-refractivity contribution in [3.63, 3.8) is 0 Å². The Bertz CT molecular complexity index is 648. The van der Waals surface area contributed by atoms with E-state index < -0.39 is 0 Å². The molecule has 6 nitrogen and oxygen atoms in total. The van der Waals surface area contributed by atoms with Gasteiger partial charge >= 0.3 is 5.97 Å². The Hall–Kier alpha value is -2.21. The number of aromatic nitrogens is 1. The van der Waals surface area contributed by atoms with Crippen LogP contribution in [-0.4, -0.2) is 36.6 Å². The summed E-state index contributed by atoms with van der Waals surface area (Å²) in [5, 5.41) is 6.24. The Kier molecular flexibility index (Phi) is 4.43. The molecule has 3 rings (SSSR count). The number of esters is 1. The molecule has 0 atom stereocenters. The van der Waals surface area contributed by atoms with Crippen LogP contribution in [0.25, 0.3) is 6.08 Å². The van der Waals surface area contributed by atoms with Crippen LogP contribution in [0.4, 0.5) is 5.82 Å². The quantitative estimate of drug-likeness (QED) is 0.653. The van der Waals surface area contributed by atoms with E-state index in [1.54, 1.807) is 19.2 Å². The highest BCUT2D eigenvalue weighted by molar-refractivity contribution is 5.97. The van der Waals surface area contributed by atoms with Crippen LogP contribution in [0.5, 0.6) is 0 Å². The van der Waals surface area contributed by atoms with Crippen molar-refractivity contribution >= 4 is 23.8 Å². The molecule has 1 fully saturated rings. The fourth-order valence-corrected chi connectivity index (χ4v) is 3.22. The van der Waals surface area contributed by atoms with Gasteiger partial charge in [-0.3, -0.25) is 4.79 Å². The van der Waals surface area contributed by atoms with Gasteiger partial charge in [0.05, 0.1) is 12.0 Å². The van der Waals surface area contributed by atoms with Gasteiger partial charge in [-0.15, -0.1) is 0 Å². The van der Waals surface area contributed by atoms with Crippen molar-refractivity contribution in [3.8, 4) is 0 Å². The van der Waals surface area contributed by atoms with Crippen LogP contribution in [0.15, 0.2) is 18.3 Å². The maximum atomic E-state index is 12.5. The summed E-state index contributed by atoms with van der Waals surface area (Å²) in [6.07, 6.45) is 7.10. The Morgan fingerprint density at radius 2 is 2.22 bits per heavy atom. The third-order valence-electron chi connectivity index (χ3n) is 4.49. The summed E-state index contributed by atoms with van der Waals surface area (Å²) in [7, 11) is 0. The third kappa shape index (κ3) is 3.27. The summed E-state index contributed by atoms with van der Waals surface area (Å²) in [4.78, 5) is 28.2. The molecule has 1 aromatic heterocycles. The number of amides is 1. The van der Waals surface area contributed by atoms with Gasteiger partial charge in [0.2, 0.25) is 5.91 Å². The molecule has 3 heterocycles. The molecule has 0 saturated carbocycles. The van der Waals surface area contributed by atoms with E-state index >= 15 is 0 Å². The van der Waals surface area contributed by atoms with Crippen LogP contribution >= 0.6 is 0 Å². The van der Waals surface area contributed by atoms with Crippen molar-refractivity contribution in [3.05, 3.63) is 29.5 Å². The molecule has 1 spiro atoms. The second-order valence-corrected chi connectivity index (χ2v) is 6.02. The normalized spacial score (nSPS) is 19.4. The van der Waals surface area contributed by atoms with Crippen molar-refractivity contribution in [1.29, 1.82) is 0 Å². The predicted molar refractivity (Wildman–Crippen MR) is 86.8 cm³/mol. The van der Waals surface area contributed by atoms with Crippen LogP contribution in [0.3, 0.4) is 0 Å². The zero-order valence-electron chi connectivity index (χ0n) is 13.2. The highest BCUT2D eigenvalue weighted by Crippen LogP contribution is 2.39. The summed E-state index contributed by atoms with van der Waals surface area (Å²) in [5.41, 5.74) is 1.53. The van der Waals surface area contributed by atoms with Gasteiger partial charge in [0.25, 0.3) is 0 Å². The number of carbonyl (C=O) groups excluding carboxylic acids is 2. The molecule has 1 amide bonds. The minimum absolute atomic E-state index is 0.0776. The lowest BCUT2D eigenvalue weighted by atomic mass is 9.71. The zero-order chi connectivity index (χ0) is 16.3. The van der Waals surface area contributed by atoms with Crippen LogP contribution in [0, 0.1) is 5.41 Å². The summed E-state index contributed by atoms with van der Waals surface area (Å²) in [6.45, 7) is 3.85. The number of piperidine rings is 1. The average molecular weight is 315 g/mol. The summed E-state index contributed by atoms with van der Waals surface area (Å²) >= 11 is 0. The van der Waals surface area contributed by atoms with Gasteiger partial charge in [-0.2, -0.15) is 0 Å². The molecule has 1 aromatic rings. The van der Waals surface area contributed by atoms with Crippen molar-refractivity contribution in [2.24, 2.45) is 5.41 Å². The average Bonchev–Trinajstić information content (AvgIpc) is 2.55. The molecule has 0 bridgehead atoms. The molecule has 0 radical (unpaired) electrons. The minimum Gasteiger partial charge on any atom is -0.463 e. The predicted octanol–water partition coefficient (Wildman–Crippen LogP) is 1.52. The van der Waals surface area contributed by atoms with E-state index in [1.165, 1.54) is 6.08 Å². The molecule has 0 unspecified atom stereocenters. The maximum Gasteiger partial charge on any atom is 0.330 e. The first-order valence-corrected chi connectivity index (χ1v) is 7.99. The Balaban J connectivity index is 1.81. The molecule has 0 aliphatic carbocycles. The molecule has 122 valence electrons. The molecule has 6 heteroatoms. The van der Waals surface area contributed by atoms with Gasteiger partial charge in [-0.05, 0) is 62.5 Å². The zero-order valence-corrected chi connectivity index (χ0v) is 13.2. The number of rotatable bonds is 3. The van der Waals surface area contributed by atoms with Crippen molar-refractivity contribution in [2.45, 2.75) is 26.2 Å². The Labute approximate surface area is 135 Å². The van der Waals surface area contributed by atoms with Gasteiger partial charge in [0.1, 0.15) is 5.82 Å². The van der Waals surface area contributed by atoms with Gasteiger partial charge < -0.3 is 15.4 Å². The maximum absolute atomic E-state index is 12.5. The molecule has 23 heavy (non-hydrogen) atoms. The summed E-state index contributed by atoms with van der Waals surface area (Å²) in [5.74, 6) is 0.342. The monoisotopic (exact) mass is 315 g/mol. The smallest absolute Gasteiger partial charge is 0.330 e. The number of nitrogens with zero attached hydrogens (tertiary/aromatic N) is 1. The molecule has 2 aliphatic rings. The van der Waals surface area contributed by atoms with Gasteiger partial charge in [0, 0.05) is 12.3 Å². The fraction of sp³-hybridized carbons (Fsp3) is 0.471. The first kappa shape index (κ1) is 15.7. The largest absolute Gasteiger partial charge is 0.463 e. The van der Waals surface area contributed by atoms with Gasteiger partial charge in [0.15, 0.2) is 0 Å². The molecule has 0 aromatic carbocycles. The molecule has 2 aliphatic heterocycles. The topological polar surface area (TPSA) is 80.3 Å². The van der Waals surface area contributed by atoms with Crippen LogP contribution in [0.2, 0.25) is 0 Å². The molecular formula is C17H21N3O3. The molecular weight excluding hydrogens is 294 g/mol. The number of nitrogens with one attached hydrogen (secondary N) is 2. The molecule has 1 saturated heterocycles. The lowest BCUT2D eigenvalue weighted by molar-refractivity contribution is -0.137. The number of ether oxygens (including phenoxy) is 1. The summed E-state index contributed by atoms with van der Waals surface area (Å²) < 4.78 is 4.87. The SMILES string of the molecule is CCOC(=O)C=Cc1cnc2c(c1)CC1(CCNCC1)C(=O)N2. The number of carbonyl (C=O) groups is 2. The lowest BCUT2D eigenvalue weighted by Crippen LogP contribution is -2.48. The van der Waals surface area contributed by atoms with E-state index in [0.29, 0.717) is 18.8 Å². The second-order valence-electron chi connectivity index (χ2n) is 6.02. The van der Waals surface area contributed by atoms with E-state index in [9.17, 15) is 9.59 Å². The van der Waals surface area contributed by atoms with E-state index in [2.05, 4.69) is 15.6 Å². The Morgan fingerprint density at radius 3 is 2.96 bits per heavy atom. The van der Waals surface area contributed by atoms with Crippen LogP contribution in [0.1, 0.15) is 30.9 Å². The van der Waals surface area contributed by atoms with Crippen LogP contribution in [-0.2, 0) is 20.7 Å². The van der Waals surface area contributed by atoms with Crippen molar-refractivity contribution < 1.29 is 14.3 Å². The van der Waals surface area contributed by atoms with E-state index in [4.69, 9.17) is 4.74 Å². The van der Waals surface area contributed by atoms with Gasteiger partial charge in [-0.25, -0.2) is 9.78 Å². The first-order chi connectivity index (χ1) is 11.1. The number of anilines is 1. The van der Waals surface area contributed by atoms with Gasteiger partial charge in [-0.1, -0.05) is 0 Å². The van der Waals surface area contributed by atoms with Crippen molar-refractivity contribution in [2.75, 3.05) is 25.0 Å². The van der Waals surface area contributed by atoms with Crippen LogP contribution < -0.4 is 10.6 Å². The fourth-order valence-electron chi connectivity index (χ4n) is 3.22. The minimum atomic E-state index is -0.367. The summed E-state index contributed by atoms with van der Waals surface area (Å²) in [6, 6.07) is 1.99. The second kappa shape index (κ2) is 6.50. The molecule has 2 N–H and O–H groups in total. The Morgan fingerprint density at radius 1 is 1.43 bits per heavy atom. The highest BCUT2D eigenvalue weighted by atomic mass is 16.5. The third-order valence-corrected chi connectivity index (χ3v) is 4.49.